The van der Waals surface area contributed by atoms with Crippen molar-refractivity contribution >= 4 is 23.1 Å². The lowest BCUT2D eigenvalue weighted by atomic mass is 10.1. The van der Waals surface area contributed by atoms with Crippen LogP contribution in [0.4, 0.5) is 11.5 Å². The second kappa shape index (κ2) is 7.44. The molecular weight excluding hydrogens is 324 g/mol. The molecule has 3 rings (SSSR count). The van der Waals surface area contributed by atoms with Gasteiger partial charge in [-0.1, -0.05) is 23.7 Å². The predicted octanol–water partition coefficient (Wildman–Crippen LogP) is 4.32. The van der Waals surface area contributed by atoms with Crippen LogP contribution in [0.3, 0.4) is 0 Å². The summed E-state index contributed by atoms with van der Waals surface area (Å²) in [6, 6.07) is 16.9. The molecule has 0 aliphatic rings. The molecular formula is C18H13ClN4O. The van der Waals surface area contributed by atoms with E-state index in [4.69, 9.17) is 21.6 Å². The molecule has 3 aromatic rings. The lowest BCUT2D eigenvalue weighted by molar-refractivity contribution is 0.306. The molecule has 1 heterocycles. The Bertz CT molecular complexity index is 875. The zero-order valence-corrected chi connectivity index (χ0v) is 13.4. The first kappa shape index (κ1) is 15.8. The maximum absolute atomic E-state index is 8.90. The molecule has 0 aliphatic heterocycles. The average Bonchev–Trinajstić information content (AvgIpc) is 2.63. The SMILES string of the molecule is N#Cc1cccc(COc2ccc(Nc3ncncc3Cl)cc2)c1. The Labute approximate surface area is 144 Å². The Morgan fingerprint density at radius 1 is 1.17 bits per heavy atom. The van der Waals surface area contributed by atoms with Gasteiger partial charge in [0.1, 0.15) is 23.7 Å². The van der Waals surface area contributed by atoms with Gasteiger partial charge in [0.05, 0.1) is 17.8 Å². The van der Waals surface area contributed by atoms with Crippen LogP contribution in [0.15, 0.2) is 61.1 Å². The molecule has 2 aromatic carbocycles. The van der Waals surface area contributed by atoms with Gasteiger partial charge in [-0.25, -0.2) is 9.97 Å². The van der Waals surface area contributed by atoms with E-state index in [1.807, 2.05) is 42.5 Å². The highest BCUT2D eigenvalue weighted by Gasteiger charge is 2.03. The summed E-state index contributed by atoms with van der Waals surface area (Å²) in [6.07, 6.45) is 2.96. The smallest absolute Gasteiger partial charge is 0.152 e. The van der Waals surface area contributed by atoms with Crippen molar-refractivity contribution in [2.45, 2.75) is 6.61 Å². The van der Waals surface area contributed by atoms with Crippen molar-refractivity contribution in [3.63, 3.8) is 0 Å². The molecule has 1 N–H and O–H groups in total. The van der Waals surface area contributed by atoms with Gasteiger partial charge in [0.15, 0.2) is 5.82 Å². The van der Waals surface area contributed by atoms with E-state index in [-0.39, 0.29) is 0 Å². The fourth-order valence-corrected chi connectivity index (χ4v) is 2.23. The summed E-state index contributed by atoms with van der Waals surface area (Å²) in [5.41, 5.74) is 2.41. The Kier molecular flexibility index (Phi) is 4.90. The fraction of sp³-hybridized carbons (Fsp3) is 0.0556. The largest absolute Gasteiger partial charge is 0.489 e. The number of hydrogen-bond acceptors (Lipinski definition) is 5. The van der Waals surface area contributed by atoms with E-state index in [1.165, 1.54) is 12.5 Å². The highest BCUT2D eigenvalue weighted by Crippen LogP contribution is 2.23. The average molecular weight is 337 g/mol. The number of nitrogens with one attached hydrogen (secondary N) is 1. The van der Waals surface area contributed by atoms with E-state index in [1.54, 1.807) is 6.07 Å². The molecule has 0 unspecified atom stereocenters. The van der Waals surface area contributed by atoms with Crippen LogP contribution in [-0.4, -0.2) is 9.97 Å². The quantitative estimate of drug-likeness (QED) is 0.751. The van der Waals surface area contributed by atoms with Crippen LogP contribution in [0.2, 0.25) is 5.02 Å². The summed E-state index contributed by atoms with van der Waals surface area (Å²) in [6.45, 7) is 0.403. The number of halogens is 1. The van der Waals surface area contributed by atoms with Crippen LogP contribution >= 0.6 is 11.6 Å². The fourth-order valence-electron chi connectivity index (χ4n) is 2.07. The number of anilines is 2. The zero-order valence-electron chi connectivity index (χ0n) is 12.6. The number of aromatic nitrogens is 2. The van der Waals surface area contributed by atoms with Gasteiger partial charge in [0, 0.05) is 5.69 Å². The number of benzene rings is 2. The Balaban J connectivity index is 1.62. The Morgan fingerprint density at radius 3 is 2.75 bits per heavy atom. The Morgan fingerprint density at radius 2 is 2.00 bits per heavy atom. The first-order chi connectivity index (χ1) is 11.7. The van der Waals surface area contributed by atoms with E-state index >= 15 is 0 Å². The summed E-state index contributed by atoms with van der Waals surface area (Å²) in [5, 5.41) is 12.5. The van der Waals surface area contributed by atoms with Gasteiger partial charge >= 0.3 is 0 Å². The number of nitrogens with zero attached hydrogens (tertiary/aromatic N) is 3. The molecule has 0 atom stereocenters. The molecule has 6 heteroatoms. The van der Waals surface area contributed by atoms with E-state index < -0.39 is 0 Å². The molecule has 0 aliphatic carbocycles. The minimum atomic E-state index is 0.403. The summed E-state index contributed by atoms with van der Waals surface area (Å²) in [7, 11) is 0. The molecule has 0 bridgehead atoms. The monoisotopic (exact) mass is 336 g/mol. The minimum Gasteiger partial charge on any atom is -0.489 e. The van der Waals surface area contributed by atoms with Crippen LogP contribution in [0.25, 0.3) is 0 Å². The maximum atomic E-state index is 8.90. The standard InChI is InChI=1S/C18H13ClN4O/c19-17-10-21-12-22-18(17)23-15-4-6-16(7-5-15)24-11-14-3-1-2-13(8-14)9-20/h1-8,10,12H,11H2,(H,21,22,23). The van der Waals surface area contributed by atoms with Crippen molar-refractivity contribution in [1.82, 2.24) is 9.97 Å². The predicted molar refractivity (Wildman–Crippen MR) is 92.3 cm³/mol. The third kappa shape index (κ3) is 4.00. The first-order valence-corrected chi connectivity index (χ1v) is 7.57. The molecule has 24 heavy (non-hydrogen) atoms. The number of ether oxygens (including phenoxy) is 1. The molecule has 1 aromatic heterocycles. The van der Waals surface area contributed by atoms with Crippen LogP contribution in [0.5, 0.6) is 5.75 Å². The van der Waals surface area contributed by atoms with E-state index in [2.05, 4.69) is 21.4 Å². The summed E-state index contributed by atoms with van der Waals surface area (Å²) in [4.78, 5) is 7.92. The van der Waals surface area contributed by atoms with Gasteiger partial charge in [-0.2, -0.15) is 5.26 Å². The highest BCUT2D eigenvalue weighted by atomic mass is 35.5. The third-order valence-electron chi connectivity index (χ3n) is 3.25. The van der Waals surface area contributed by atoms with Gasteiger partial charge in [0.25, 0.3) is 0 Å². The number of hydrogen-bond donors (Lipinski definition) is 1. The lowest BCUT2D eigenvalue weighted by Gasteiger charge is -2.09. The van der Waals surface area contributed by atoms with Crippen molar-refractivity contribution < 1.29 is 4.74 Å². The topological polar surface area (TPSA) is 70.8 Å². The molecule has 0 radical (unpaired) electrons. The third-order valence-corrected chi connectivity index (χ3v) is 3.52. The second-order valence-electron chi connectivity index (χ2n) is 4.97. The van der Waals surface area contributed by atoms with Crippen LogP contribution in [0.1, 0.15) is 11.1 Å². The number of nitriles is 1. The van der Waals surface area contributed by atoms with E-state index in [0.717, 1.165) is 17.0 Å². The van der Waals surface area contributed by atoms with Gasteiger partial charge in [-0.3, -0.25) is 0 Å². The van der Waals surface area contributed by atoms with Crippen molar-refractivity contribution in [3.05, 3.63) is 77.2 Å². The van der Waals surface area contributed by atoms with E-state index in [9.17, 15) is 0 Å². The maximum Gasteiger partial charge on any atom is 0.152 e. The molecule has 5 nitrogen and oxygen atoms in total. The van der Waals surface area contributed by atoms with Gasteiger partial charge < -0.3 is 10.1 Å². The van der Waals surface area contributed by atoms with Gasteiger partial charge in [-0.15, -0.1) is 0 Å². The van der Waals surface area contributed by atoms with Gasteiger partial charge in [0.2, 0.25) is 0 Å². The molecule has 0 saturated carbocycles. The molecule has 0 fully saturated rings. The van der Waals surface area contributed by atoms with Crippen molar-refractivity contribution in [2.75, 3.05) is 5.32 Å². The molecule has 118 valence electrons. The van der Waals surface area contributed by atoms with Crippen LogP contribution in [-0.2, 0) is 6.61 Å². The summed E-state index contributed by atoms with van der Waals surface area (Å²) >= 11 is 6.01. The first-order valence-electron chi connectivity index (χ1n) is 7.19. The number of rotatable bonds is 5. The van der Waals surface area contributed by atoms with Crippen LogP contribution in [0, 0.1) is 11.3 Å². The van der Waals surface area contributed by atoms with E-state index in [0.29, 0.717) is 23.0 Å². The molecule has 0 saturated heterocycles. The normalized spacial score (nSPS) is 10.0. The summed E-state index contributed by atoms with van der Waals surface area (Å²) in [5.74, 6) is 1.28. The minimum absolute atomic E-state index is 0.403. The van der Waals surface area contributed by atoms with Crippen molar-refractivity contribution in [2.24, 2.45) is 0 Å². The van der Waals surface area contributed by atoms with Crippen molar-refractivity contribution in [1.29, 1.82) is 5.26 Å². The second-order valence-corrected chi connectivity index (χ2v) is 5.38. The van der Waals surface area contributed by atoms with Crippen LogP contribution < -0.4 is 10.1 Å². The molecule has 0 spiro atoms. The van der Waals surface area contributed by atoms with Gasteiger partial charge in [-0.05, 0) is 42.0 Å². The van der Waals surface area contributed by atoms with Crippen molar-refractivity contribution in [3.8, 4) is 11.8 Å². The Hall–Kier alpha value is -3.10. The highest BCUT2D eigenvalue weighted by molar-refractivity contribution is 6.32. The lowest BCUT2D eigenvalue weighted by Crippen LogP contribution is -1.97. The zero-order chi connectivity index (χ0) is 16.8. The molecule has 0 amide bonds. The summed E-state index contributed by atoms with van der Waals surface area (Å²) < 4.78 is 5.73.